The molecule has 1 aromatic carbocycles. The molecular formula is C15H15N3O2. The predicted molar refractivity (Wildman–Crippen MR) is 75.2 cm³/mol. The maximum Gasteiger partial charge on any atom is 0.226 e. The maximum absolute atomic E-state index is 11.8. The standard InChI is InChI=1S/C15H15N3O2/c1-11(19)16-9-10-17(12(2)20)15(16)18-8-7-13-5-3-4-6-14(13)18/h3-10,15H,1-2H3. The average molecular weight is 269 g/mol. The highest BCUT2D eigenvalue weighted by atomic mass is 16.2. The van der Waals surface area contributed by atoms with Crippen LogP contribution in [0.15, 0.2) is 48.9 Å². The monoisotopic (exact) mass is 269 g/mol. The van der Waals surface area contributed by atoms with Gasteiger partial charge in [-0.15, -0.1) is 0 Å². The van der Waals surface area contributed by atoms with Gasteiger partial charge in [0, 0.05) is 32.4 Å². The summed E-state index contributed by atoms with van der Waals surface area (Å²) < 4.78 is 1.93. The Bertz CT molecular complexity index is 693. The van der Waals surface area contributed by atoms with Gasteiger partial charge in [-0.25, -0.2) is 0 Å². The van der Waals surface area contributed by atoms with Crippen molar-refractivity contribution < 1.29 is 9.59 Å². The number of rotatable bonds is 1. The van der Waals surface area contributed by atoms with Crippen LogP contribution in [0.25, 0.3) is 10.9 Å². The third-order valence-corrected chi connectivity index (χ3v) is 3.49. The van der Waals surface area contributed by atoms with Crippen molar-refractivity contribution in [2.45, 2.75) is 20.1 Å². The Hall–Kier alpha value is -2.56. The van der Waals surface area contributed by atoms with Gasteiger partial charge in [-0.3, -0.25) is 19.4 Å². The predicted octanol–water partition coefficient (Wildman–Crippen LogP) is 2.28. The van der Waals surface area contributed by atoms with E-state index < -0.39 is 6.29 Å². The molecule has 20 heavy (non-hydrogen) atoms. The fraction of sp³-hybridized carbons (Fsp3) is 0.200. The molecule has 5 heteroatoms. The minimum absolute atomic E-state index is 0.104. The second-order valence-corrected chi connectivity index (χ2v) is 4.78. The van der Waals surface area contributed by atoms with Gasteiger partial charge in [0.2, 0.25) is 11.8 Å². The van der Waals surface area contributed by atoms with E-state index in [0.717, 1.165) is 10.9 Å². The molecule has 0 saturated heterocycles. The third kappa shape index (κ3) is 1.79. The first-order valence-corrected chi connectivity index (χ1v) is 6.41. The Labute approximate surface area is 116 Å². The Morgan fingerprint density at radius 3 is 2.15 bits per heavy atom. The lowest BCUT2D eigenvalue weighted by Crippen LogP contribution is -2.39. The van der Waals surface area contributed by atoms with Gasteiger partial charge >= 0.3 is 0 Å². The van der Waals surface area contributed by atoms with Crippen LogP contribution in [0.5, 0.6) is 0 Å². The molecule has 0 aliphatic carbocycles. The number of amides is 2. The van der Waals surface area contributed by atoms with Crippen LogP contribution in [0, 0.1) is 0 Å². The summed E-state index contributed by atoms with van der Waals surface area (Å²) in [5, 5.41) is 1.08. The van der Waals surface area contributed by atoms with Crippen molar-refractivity contribution >= 4 is 22.7 Å². The second-order valence-electron chi connectivity index (χ2n) is 4.78. The Balaban J connectivity index is 2.13. The van der Waals surface area contributed by atoms with Gasteiger partial charge in [-0.2, -0.15) is 0 Å². The fourth-order valence-corrected chi connectivity index (χ4v) is 2.54. The summed E-state index contributed by atoms with van der Waals surface area (Å²) in [6.45, 7) is 2.99. The van der Waals surface area contributed by atoms with Crippen LogP contribution in [0.4, 0.5) is 0 Å². The van der Waals surface area contributed by atoms with Crippen LogP contribution >= 0.6 is 0 Å². The minimum Gasteiger partial charge on any atom is -0.309 e. The van der Waals surface area contributed by atoms with Crippen LogP contribution in [-0.4, -0.2) is 26.2 Å². The van der Waals surface area contributed by atoms with Crippen molar-refractivity contribution in [3.05, 3.63) is 48.9 Å². The molecule has 2 aromatic rings. The zero-order chi connectivity index (χ0) is 14.3. The van der Waals surface area contributed by atoms with E-state index in [2.05, 4.69) is 0 Å². The molecule has 2 heterocycles. The maximum atomic E-state index is 11.8. The molecule has 0 N–H and O–H groups in total. The molecule has 0 radical (unpaired) electrons. The van der Waals surface area contributed by atoms with Crippen molar-refractivity contribution in [1.82, 2.24) is 14.4 Å². The molecule has 0 unspecified atom stereocenters. The van der Waals surface area contributed by atoms with Crippen LogP contribution < -0.4 is 0 Å². The largest absolute Gasteiger partial charge is 0.309 e. The van der Waals surface area contributed by atoms with Crippen LogP contribution in [-0.2, 0) is 9.59 Å². The quantitative estimate of drug-likeness (QED) is 0.797. The van der Waals surface area contributed by atoms with Crippen molar-refractivity contribution in [3.8, 4) is 0 Å². The summed E-state index contributed by atoms with van der Waals surface area (Å²) >= 11 is 0. The van der Waals surface area contributed by atoms with Gasteiger partial charge in [0.15, 0.2) is 6.29 Å². The van der Waals surface area contributed by atoms with E-state index in [1.165, 1.54) is 13.8 Å². The molecular weight excluding hydrogens is 254 g/mol. The van der Waals surface area contributed by atoms with Crippen molar-refractivity contribution in [1.29, 1.82) is 0 Å². The van der Waals surface area contributed by atoms with Gasteiger partial charge in [-0.05, 0) is 17.5 Å². The van der Waals surface area contributed by atoms with E-state index >= 15 is 0 Å². The summed E-state index contributed by atoms with van der Waals surface area (Å²) in [7, 11) is 0. The van der Waals surface area contributed by atoms with Gasteiger partial charge in [0.1, 0.15) is 0 Å². The van der Waals surface area contributed by atoms with Crippen LogP contribution in [0.2, 0.25) is 0 Å². The van der Waals surface area contributed by atoms with Crippen molar-refractivity contribution in [3.63, 3.8) is 0 Å². The Morgan fingerprint density at radius 1 is 0.950 bits per heavy atom. The summed E-state index contributed by atoms with van der Waals surface area (Å²) in [5.74, 6) is -0.208. The summed E-state index contributed by atoms with van der Waals surface area (Å²) in [6, 6.07) is 9.86. The van der Waals surface area contributed by atoms with Crippen LogP contribution in [0.1, 0.15) is 20.1 Å². The van der Waals surface area contributed by atoms with E-state index in [9.17, 15) is 9.59 Å². The molecule has 2 amide bonds. The number of hydrogen-bond donors (Lipinski definition) is 0. The number of fused-ring (bicyclic) bond motifs is 1. The van der Waals surface area contributed by atoms with E-state index in [0.29, 0.717) is 0 Å². The summed E-state index contributed by atoms with van der Waals surface area (Å²) in [6.07, 6.45) is 4.71. The normalized spacial score (nSPS) is 15.3. The van der Waals surface area contributed by atoms with Crippen molar-refractivity contribution in [2.24, 2.45) is 0 Å². The molecule has 102 valence electrons. The molecule has 0 bridgehead atoms. The molecule has 0 fully saturated rings. The number of hydrogen-bond acceptors (Lipinski definition) is 2. The SMILES string of the molecule is CC(=O)N1C=CN(C(C)=O)C1n1ccc2ccccc21. The van der Waals surface area contributed by atoms with Crippen LogP contribution in [0.3, 0.4) is 0 Å². The molecule has 3 rings (SSSR count). The van der Waals surface area contributed by atoms with Gasteiger partial charge in [0.05, 0.1) is 5.52 Å². The molecule has 1 aliphatic rings. The van der Waals surface area contributed by atoms with E-state index in [-0.39, 0.29) is 11.8 Å². The van der Waals surface area contributed by atoms with Crippen molar-refractivity contribution in [2.75, 3.05) is 0 Å². The smallest absolute Gasteiger partial charge is 0.226 e. The molecule has 0 saturated carbocycles. The first kappa shape index (κ1) is 12.5. The average Bonchev–Trinajstić information content (AvgIpc) is 3.01. The molecule has 1 aromatic heterocycles. The number of carbonyl (C=O) groups is 2. The zero-order valence-electron chi connectivity index (χ0n) is 11.4. The fourth-order valence-electron chi connectivity index (χ4n) is 2.54. The van der Waals surface area contributed by atoms with E-state index in [1.54, 1.807) is 22.2 Å². The molecule has 5 nitrogen and oxygen atoms in total. The lowest BCUT2D eigenvalue weighted by atomic mass is 10.2. The summed E-state index contributed by atoms with van der Waals surface area (Å²) in [4.78, 5) is 26.7. The highest BCUT2D eigenvalue weighted by Gasteiger charge is 2.33. The van der Waals surface area contributed by atoms with E-state index in [4.69, 9.17) is 0 Å². The third-order valence-electron chi connectivity index (χ3n) is 3.49. The first-order valence-electron chi connectivity index (χ1n) is 6.41. The topological polar surface area (TPSA) is 45.6 Å². The van der Waals surface area contributed by atoms with Gasteiger partial charge in [-0.1, -0.05) is 18.2 Å². The van der Waals surface area contributed by atoms with E-state index in [1.807, 2.05) is 41.1 Å². The first-order chi connectivity index (χ1) is 9.59. The minimum atomic E-state index is -0.468. The second kappa shape index (κ2) is 4.52. The number of para-hydroxylation sites is 1. The number of nitrogens with zero attached hydrogens (tertiary/aromatic N) is 3. The van der Waals surface area contributed by atoms with Gasteiger partial charge < -0.3 is 4.57 Å². The highest BCUT2D eigenvalue weighted by Crippen LogP contribution is 2.30. The Morgan fingerprint density at radius 2 is 1.55 bits per heavy atom. The summed E-state index contributed by atoms with van der Waals surface area (Å²) in [5.41, 5.74) is 0.985. The molecule has 0 atom stereocenters. The molecule has 1 aliphatic heterocycles. The number of benzene rings is 1. The molecule has 0 spiro atoms. The lowest BCUT2D eigenvalue weighted by Gasteiger charge is -2.30. The Kier molecular flexibility index (Phi) is 2.82. The number of aromatic nitrogens is 1. The lowest BCUT2D eigenvalue weighted by molar-refractivity contribution is -0.138. The van der Waals surface area contributed by atoms with Gasteiger partial charge in [0.25, 0.3) is 0 Å². The number of carbonyl (C=O) groups excluding carboxylic acids is 2. The zero-order valence-corrected chi connectivity index (χ0v) is 11.4. The highest BCUT2D eigenvalue weighted by molar-refractivity contribution is 5.82.